The van der Waals surface area contributed by atoms with E-state index in [2.05, 4.69) is 14.9 Å². The lowest BCUT2D eigenvalue weighted by molar-refractivity contribution is 0.0343. The van der Waals surface area contributed by atoms with Gasteiger partial charge in [0.05, 0.1) is 18.8 Å². The molecule has 6 N–H and O–H groups in total. The van der Waals surface area contributed by atoms with Crippen molar-refractivity contribution in [1.29, 1.82) is 0 Å². The molecular weight excluding hydrogens is 208 g/mol. The summed E-state index contributed by atoms with van der Waals surface area (Å²) >= 11 is 0. The molecule has 0 radical (unpaired) electrons. The lowest BCUT2D eigenvalue weighted by Crippen LogP contribution is -2.36. The van der Waals surface area contributed by atoms with Crippen LogP contribution in [0.4, 0.5) is 17.6 Å². The molecule has 0 aromatic carbocycles. The molecule has 1 fully saturated rings. The average molecular weight is 224 g/mol. The van der Waals surface area contributed by atoms with Gasteiger partial charge >= 0.3 is 0 Å². The third-order valence-corrected chi connectivity index (χ3v) is 2.57. The van der Waals surface area contributed by atoms with Gasteiger partial charge in [-0.2, -0.15) is 9.97 Å². The van der Waals surface area contributed by atoms with Crippen molar-refractivity contribution in [2.45, 2.75) is 6.54 Å². The molecule has 0 saturated carbocycles. The van der Waals surface area contributed by atoms with E-state index in [1.165, 1.54) is 0 Å². The molecule has 2 rings (SSSR count). The van der Waals surface area contributed by atoms with Crippen molar-refractivity contribution in [2.75, 3.05) is 43.5 Å². The standard InChI is InChI=1S/C9H16N6O/c10-7-6(8(11)14-9(12)13-7)5-15-1-3-16-4-2-15/h1-5H2,(H6,10,11,12,13,14). The van der Waals surface area contributed by atoms with E-state index < -0.39 is 0 Å². The Bertz CT molecular complexity index is 353. The van der Waals surface area contributed by atoms with Crippen LogP contribution in [0.2, 0.25) is 0 Å². The van der Waals surface area contributed by atoms with Crippen molar-refractivity contribution in [3.8, 4) is 0 Å². The van der Waals surface area contributed by atoms with E-state index in [-0.39, 0.29) is 5.95 Å². The van der Waals surface area contributed by atoms with Crippen molar-refractivity contribution < 1.29 is 4.74 Å². The Morgan fingerprint density at radius 2 is 1.62 bits per heavy atom. The van der Waals surface area contributed by atoms with E-state index in [1.807, 2.05) is 0 Å². The first-order chi connectivity index (χ1) is 7.66. The minimum absolute atomic E-state index is 0.112. The van der Waals surface area contributed by atoms with Gasteiger partial charge in [-0.3, -0.25) is 4.90 Å². The van der Waals surface area contributed by atoms with Crippen LogP contribution in [0.3, 0.4) is 0 Å². The highest BCUT2D eigenvalue weighted by Crippen LogP contribution is 2.19. The summed E-state index contributed by atoms with van der Waals surface area (Å²) in [6, 6.07) is 0. The zero-order valence-electron chi connectivity index (χ0n) is 9.02. The number of anilines is 3. The summed E-state index contributed by atoms with van der Waals surface area (Å²) in [7, 11) is 0. The molecule has 1 aliphatic rings. The first-order valence-electron chi connectivity index (χ1n) is 5.14. The minimum Gasteiger partial charge on any atom is -0.383 e. The van der Waals surface area contributed by atoms with Crippen molar-refractivity contribution in [3.05, 3.63) is 5.56 Å². The van der Waals surface area contributed by atoms with E-state index in [0.717, 1.165) is 31.9 Å². The van der Waals surface area contributed by atoms with Crippen LogP contribution in [0.1, 0.15) is 5.56 Å². The Kier molecular flexibility index (Phi) is 3.07. The molecule has 2 heterocycles. The van der Waals surface area contributed by atoms with Gasteiger partial charge in [0.15, 0.2) is 0 Å². The fourth-order valence-electron chi connectivity index (χ4n) is 1.68. The van der Waals surface area contributed by atoms with Gasteiger partial charge in [0.25, 0.3) is 0 Å². The van der Waals surface area contributed by atoms with Crippen molar-refractivity contribution in [2.24, 2.45) is 0 Å². The third kappa shape index (κ3) is 2.31. The summed E-state index contributed by atoms with van der Waals surface area (Å²) in [5.74, 6) is 0.828. The highest BCUT2D eigenvalue weighted by molar-refractivity contribution is 5.55. The van der Waals surface area contributed by atoms with Crippen molar-refractivity contribution in [3.63, 3.8) is 0 Å². The second-order valence-electron chi connectivity index (χ2n) is 3.72. The number of nitrogens with two attached hydrogens (primary N) is 3. The smallest absolute Gasteiger partial charge is 0.223 e. The first-order valence-corrected chi connectivity index (χ1v) is 5.14. The molecule has 1 aromatic heterocycles. The van der Waals surface area contributed by atoms with Crippen molar-refractivity contribution >= 4 is 17.6 Å². The number of hydrogen-bond donors (Lipinski definition) is 3. The Balaban J connectivity index is 2.14. The Labute approximate surface area is 93.6 Å². The molecule has 1 saturated heterocycles. The number of nitrogens with zero attached hydrogens (tertiary/aromatic N) is 3. The van der Waals surface area contributed by atoms with Gasteiger partial charge in [0.1, 0.15) is 11.6 Å². The SMILES string of the molecule is Nc1nc(N)c(CN2CCOCC2)c(N)n1. The van der Waals surface area contributed by atoms with Crippen LogP contribution >= 0.6 is 0 Å². The molecule has 0 bridgehead atoms. The lowest BCUT2D eigenvalue weighted by Gasteiger charge is -2.27. The second kappa shape index (κ2) is 4.50. The van der Waals surface area contributed by atoms with Gasteiger partial charge in [0.2, 0.25) is 5.95 Å². The monoisotopic (exact) mass is 224 g/mol. The fraction of sp³-hybridized carbons (Fsp3) is 0.556. The zero-order chi connectivity index (χ0) is 11.5. The van der Waals surface area contributed by atoms with E-state index in [0.29, 0.717) is 18.2 Å². The van der Waals surface area contributed by atoms with Gasteiger partial charge in [0, 0.05) is 19.6 Å². The van der Waals surface area contributed by atoms with E-state index in [4.69, 9.17) is 21.9 Å². The fourth-order valence-corrected chi connectivity index (χ4v) is 1.68. The summed E-state index contributed by atoms with van der Waals surface area (Å²) < 4.78 is 5.26. The minimum atomic E-state index is 0.112. The zero-order valence-corrected chi connectivity index (χ0v) is 9.02. The summed E-state index contributed by atoms with van der Waals surface area (Å²) in [4.78, 5) is 10.0. The van der Waals surface area contributed by atoms with Crippen LogP contribution in [-0.4, -0.2) is 41.2 Å². The van der Waals surface area contributed by atoms with Crippen LogP contribution in [-0.2, 0) is 11.3 Å². The number of hydrogen-bond acceptors (Lipinski definition) is 7. The van der Waals surface area contributed by atoms with Crippen LogP contribution < -0.4 is 17.2 Å². The van der Waals surface area contributed by atoms with Gasteiger partial charge in [-0.05, 0) is 0 Å². The molecule has 16 heavy (non-hydrogen) atoms. The summed E-state index contributed by atoms with van der Waals surface area (Å²) in [6.45, 7) is 3.83. The second-order valence-corrected chi connectivity index (χ2v) is 3.72. The highest BCUT2D eigenvalue weighted by atomic mass is 16.5. The molecule has 1 aliphatic heterocycles. The molecule has 1 aromatic rings. The number of rotatable bonds is 2. The van der Waals surface area contributed by atoms with Gasteiger partial charge in [-0.25, -0.2) is 0 Å². The quantitative estimate of drug-likeness (QED) is 0.593. The molecule has 0 amide bonds. The van der Waals surface area contributed by atoms with E-state index in [1.54, 1.807) is 0 Å². The molecule has 0 atom stereocenters. The van der Waals surface area contributed by atoms with Crippen LogP contribution in [0.5, 0.6) is 0 Å². The number of nitrogen functional groups attached to an aromatic ring is 3. The van der Waals surface area contributed by atoms with Gasteiger partial charge < -0.3 is 21.9 Å². The molecule has 0 aliphatic carbocycles. The van der Waals surface area contributed by atoms with E-state index >= 15 is 0 Å². The molecule has 88 valence electrons. The number of ether oxygens (including phenoxy) is 1. The first kappa shape index (κ1) is 10.9. The largest absolute Gasteiger partial charge is 0.383 e. The predicted octanol–water partition coefficient (Wildman–Crippen LogP) is -0.945. The highest BCUT2D eigenvalue weighted by Gasteiger charge is 2.15. The van der Waals surface area contributed by atoms with Crippen LogP contribution in [0.15, 0.2) is 0 Å². The van der Waals surface area contributed by atoms with E-state index in [9.17, 15) is 0 Å². The van der Waals surface area contributed by atoms with Crippen LogP contribution in [0.25, 0.3) is 0 Å². The van der Waals surface area contributed by atoms with Gasteiger partial charge in [-0.15, -0.1) is 0 Å². The number of aromatic nitrogens is 2. The molecule has 0 unspecified atom stereocenters. The molecule has 7 heteroatoms. The maximum absolute atomic E-state index is 5.77. The maximum atomic E-state index is 5.77. The normalized spacial score (nSPS) is 17.5. The number of morpholine rings is 1. The molecule has 7 nitrogen and oxygen atoms in total. The topological polar surface area (TPSA) is 116 Å². The van der Waals surface area contributed by atoms with Gasteiger partial charge in [-0.1, -0.05) is 0 Å². The average Bonchev–Trinajstić information content (AvgIpc) is 2.25. The summed E-state index contributed by atoms with van der Waals surface area (Å²) in [5, 5.41) is 0. The van der Waals surface area contributed by atoms with Crippen molar-refractivity contribution in [1.82, 2.24) is 14.9 Å². The van der Waals surface area contributed by atoms with Crippen LogP contribution in [0, 0.1) is 0 Å². The molecule has 0 spiro atoms. The maximum Gasteiger partial charge on any atom is 0.223 e. The Morgan fingerprint density at radius 1 is 1.06 bits per heavy atom. The Morgan fingerprint density at radius 3 is 2.19 bits per heavy atom. The summed E-state index contributed by atoms with van der Waals surface area (Å²) in [5.41, 5.74) is 17.7. The summed E-state index contributed by atoms with van der Waals surface area (Å²) in [6.07, 6.45) is 0. The Hall–Kier alpha value is -1.60. The third-order valence-electron chi connectivity index (χ3n) is 2.57. The molecular formula is C9H16N6O. The lowest BCUT2D eigenvalue weighted by atomic mass is 10.2. The predicted molar refractivity (Wildman–Crippen MR) is 61.4 cm³/mol.